The topological polar surface area (TPSA) is 113 Å². The molecule has 1 heterocycles. The summed E-state index contributed by atoms with van der Waals surface area (Å²) in [4.78, 5) is 52.6. The van der Waals surface area contributed by atoms with Crippen LogP contribution in [0.1, 0.15) is 168 Å². The van der Waals surface area contributed by atoms with E-state index in [0.717, 1.165) is 64.2 Å². The zero-order chi connectivity index (χ0) is 37.2. The summed E-state index contributed by atoms with van der Waals surface area (Å²) in [6, 6.07) is 0. The molecule has 9 nitrogen and oxygen atoms in total. The van der Waals surface area contributed by atoms with Gasteiger partial charge >= 0.3 is 11.9 Å². The van der Waals surface area contributed by atoms with Gasteiger partial charge in [0.25, 0.3) is 0 Å². The number of esters is 2. The number of unbranched alkanes of at least 4 members (excludes halogenated alkanes) is 18. The van der Waals surface area contributed by atoms with Crippen molar-refractivity contribution in [2.45, 2.75) is 174 Å². The molecule has 0 aromatic rings. The average molecular weight is 719 g/mol. The van der Waals surface area contributed by atoms with Crippen LogP contribution in [-0.4, -0.2) is 90.6 Å². The number of aliphatic hydroxyl groups excluding tert-OH is 1. The van der Waals surface area contributed by atoms with Crippen molar-refractivity contribution in [1.82, 2.24) is 9.80 Å². The third kappa shape index (κ3) is 27.8. The SMILES string of the molecule is CCCCC/C=C\C/C=C\CCCCCCCC(=O)OCCN(CCOC(=O)CCCCCCCCCCCCC)C(=O)CN1CC(=O)[C@H](O)C1. The third-order valence-corrected chi connectivity index (χ3v) is 9.46. The van der Waals surface area contributed by atoms with Gasteiger partial charge in [0.15, 0.2) is 5.78 Å². The summed E-state index contributed by atoms with van der Waals surface area (Å²) in [5.41, 5.74) is 0. The molecule has 1 amide bonds. The van der Waals surface area contributed by atoms with Gasteiger partial charge in [-0.25, -0.2) is 0 Å². The first-order valence-electron chi connectivity index (χ1n) is 20.7. The van der Waals surface area contributed by atoms with Gasteiger partial charge in [-0.1, -0.05) is 134 Å². The lowest BCUT2D eigenvalue weighted by Crippen LogP contribution is -2.43. The Labute approximate surface area is 311 Å². The Hall–Kier alpha value is -2.52. The molecular weight excluding hydrogens is 644 g/mol. The first-order chi connectivity index (χ1) is 24.9. The largest absolute Gasteiger partial charge is 0.464 e. The molecule has 0 saturated carbocycles. The number of β-amino-alcohol motifs (C(OH)–C–C–N with tert-alkyl or cyclic N) is 1. The van der Waals surface area contributed by atoms with E-state index in [9.17, 15) is 24.3 Å². The number of hydrogen-bond donors (Lipinski definition) is 1. The van der Waals surface area contributed by atoms with Gasteiger partial charge in [-0.2, -0.15) is 0 Å². The highest BCUT2D eigenvalue weighted by atomic mass is 16.5. The number of carbonyl (C=O) groups excluding carboxylic acids is 4. The minimum atomic E-state index is -1.07. The Kier molecular flexibility index (Phi) is 30.4. The number of hydrogen-bond acceptors (Lipinski definition) is 8. The van der Waals surface area contributed by atoms with Gasteiger partial charge < -0.3 is 19.5 Å². The van der Waals surface area contributed by atoms with Crippen LogP contribution in [0.3, 0.4) is 0 Å². The second-order valence-corrected chi connectivity index (χ2v) is 14.2. The maximum atomic E-state index is 13.1. The van der Waals surface area contributed by atoms with Crippen LogP contribution in [0.25, 0.3) is 0 Å². The number of nitrogens with zero attached hydrogens (tertiary/aromatic N) is 2. The van der Waals surface area contributed by atoms with E-state index in [-0.39, 0.29) is 69.6 Å². The fraction of sp³-hybridized carbons (Fsp3) is 0.810. The molecule has 1 rings (SSSR count). The van der Waals surface area contributed by atoms with Crippen LogP contribution in [0.15, 0.2) is 24.3 Å². The van der Waals surface area contributed by atoms with E-state index in [0.29, 0.717) is 12.8 Å². The Bertz CT molecular complexity index is 967. The number of allylic oxidation sites excluding steroid dienone is 4. The second kappa shape index (κ2) is 33.3. The predicted octanol–water partition coefficient (Wildman–Crippen LogP) is 8.66. The van der Waals surface area contributed by atoms with Crippen LogP contribution in [0, 0.1) is 0 Å². The summed E-state index contributed by atoms with van der Waals surface area (Å²) in [5, 5.41) is 9.77. The summed E-state index contributed by atoms with van der Waals surface area (Å²) in [5.74, 6) is -1.11. The monoisotopic (exact) mass is 719 g/mol. The Balaban J connectivity index is 2.24. The first kappa shape index (κ1) is 46.5. The lowest BCUT2D eigenvalue weighted by atomic mass is 10.1. The van der Waals surface area contributed by atoms with Crippen LogP contribution in [-0.2, 0) is 28.7 Å². The fourth-order valence-corrected chi connectivity index (χ4v) is 6.21. The Morgan fingerprint density at radius 1 is 0.667 bits per heavy atom. The maximum Gasteiger partial charge on any atom is 0.305 e. The molecule has 1 aliphatic heterocycles. The highest BCUT2D eigenvalue weighted by Gasteiger charge is 2.31. The minimum absolute atomic E-state index is 0.0250. The minimum Gasteiger partial charge on any atom is -0.464 e. The number of ether oxygens (including phenoxy) is 2. The Morgan fingerprint density at radius 3 is 1.57 bits per heavy atom. The number of amides is 1. The lowest BCUT2D eigenvalue weighted by Gasteiger charge is -2.25. The molecule has 0 aliphatic carbocycles. The molecule has 0 aromatic heterocycles. The van der Waals surface area contributed by atoms with E-state index in [1.54, 1.807) is 4.90 Å². The summed E-state index contributed by atoms with van der Waals surface area (Å²) < 4.78 is 10.9. The molecule has 0 bridgehead atoms. The number of Topliss-reactive ketones (excluding diaryl/α,β-unsaturated/α-hetero) is 1. The van der Waals surface area contributed by atoms with Crippen LogP contribution >= 0.6 is 0 Å². The molecule has 0 aromatic carbocycles. The molecule has 9 heteroatoms. The lowest BCUT2D eigenvalue weighted by molar-refractivity contribution is -0.148. The van der Waals surface area contributed by atoms with Crippen molar-refractivity contribution in [3.63, 3.8) is 0 Å². The molecule has 1 N–H and O–H groups in total. The van der Waals surface area contributed by atoms with Crippen molar-refractivity contribution in [2.24, 2.45) is 0 Å². The van der Waals surface area contributed by atoms with Crippen molar-refractivity contribution < 1.29 is 33.8 Å². The zero-order valence-electron chi connectivity index (χ0n) is 32.6. The smallest absolute Gasteiger partial charge is 0.305 e. The van der Waals surface area contributed by atoms with Gasteiger partial charge in [-0.15, -0.1) is 0 Å². The average Bonchev–Trinajstić information content (AvgIpc) is 3.43. The highest BCUT2D eigenvalue weighted by molar-refractivity contribution is 5.88. The highest BCUT2D eigenvalue weighted by Crippen LogP contribution is 2.13. The molecule has 1 fully saturated rings. The van der Waals surface area contributed by atoms with Crippen molar-refractivity contribution >= 4 is 23.6 Å². The van der Waals surface area contributed by atoms with Gasteiger partial charge in [0.2, 0.25) is 5.91 Å². The summed E-state index contributed by atoms with van der Waals surface area (Å²) in [7, 11) is 0. The number of aliphatic hydroxyl groups is 1. The van der Waals surface area contributed by atoms with Gasteiger partial charge in [0, 0.05) is 19.4 Å². The molecule has 51 heavy (non-hydrogen) atoms. The van der Waals surface area contributed by atoms with Gasteiger partial charge in [0.05, 0.1) is 26.2 Å². The number of carbonyl (C=O) groups is 4. The molecule has 294 valence electrons. The van der Waals surface area contributed by atoms with Crippen LogP contribution < -0.4 is 0 Å². The van der Waals surface area contributed by atoms with E-state index in [2.05, 4.69) is 38.2 Å². The van der Waals surface area contributed by atoms with E-state index in [1.165, 1.54) is 81.9 Å². The standard InChI is InChI=1S/C42H74N2O7/c1-3-5-7-9-11-13-15-16-17-18-20-22-24-26-28-30-42(49)51-34-32-44(40(47)37-43-35-38(45)39(46)36-43)31-33-50-41(48)29-27-25-23-21-19-14-12-10-8-6-4-2/h11,13,16-17,38,45H,3-10,12,14-15,18-37H2,1-2H3/b13-11-,17-16-/t38-/m1/s1. The first-order valence-corrected chi connectivity index (χ1v) is 20.7. The summed E-state index contributed by atoms with van der Waals surface area (Å²) in [6.07, 6.45) is 34.3. The number of rotatable bonds is 34. The van der Waals surface area contributed by atoms with Gasteiger partial charge in [0.1, 0.15) is 19.3 Å². The molecule has 0 spiro atoms. The molecular formula is C42H74N2O7. The molecule has 1 saturated heterocycles. The van der Waals surface area contributed by atoms with Crippen LogP contribution in [0.5, 0.6) is 0 Å². The fourth-order valence-electron chi connectivity index (χ4n) is 6.21. The van der Waals surface area contributed by atoms with E-state index < -0.39 is 6.10 Å². The Morgan fingerprint density at radius 2 is 1.10 bits per heavy atom. The summed E-state index contributed by atoms with van der Waals surface area (Å²) in [6.45, 7) is 5.04. The quantitative estimate of drug-likeness (QED) is 0.0400. The number of ketones is 1. The van der Waals surface area contributed by atoms with Crippen molar-refractivity contribution in [1.29, 1.82) is 0 Å². The van der Waals surface area contributed by atoms with E-state index in [1.807, 2.05) is 0 Å². The molecule has 1 atom stereocenters. The molecule has 0 radical (unpaired) electrons. The molecule has 1 aliphatic rings. The maximum absolute atomic E-state index is 13.1. The number of likely N-dealkylation sites (tertiary alicyclic amines) is 1. The normalized spacial score (nSPS) is 15.0. The predicted molar refractivity (Wildman–Crippen MR) is 206 cm³/mol. The summed E-state index contributed by atoms with van der Waals surface area (Å²) >= 11 is 0. The van der Waals surface area contributed by atoms with Gasteiger partial charge in [-0.05, 0) is 44.9 Å². The van der Waals surface area contributed by atoms with Crippen molar-refractivity contribution in [3.8, 4) is 0 Å². The van der Waals surface area contributed by atoms with Crippen LogP contribution in [0.4, 0.5) is 0 Å². The third-order valence-electron chi connectivity index (χ3n) is 9.46. The van der Waals surface area contributed by atoms with Crippen molar-refractivity contribution in [2.75, 3.05) is 45.9 Å². The van der Waals surface area contributed by atoms with Crippen LogP contribution in [0.2, 0.25) is 0 Å². The molecule has 0 unspecified atom stereocenters. The van der Waals surface area contributed by atoms with E-state index in [4.69, 9.17) is 9.47 Å². The van der Waals surface area contributed by atoms with E-state index >= 15 is 0 Å². The van der Waals surface area contributed by atoms with Crippen molar-refractivity contribution in [3.05, 3.63) is 24.3 Å². The van der Waals surface area contributed by atoms with Gasteiger partial charge in [-0.3, -0.25) is 24.1 Å². The zero-order valence-corrected chi connectivity index (χ0v) is 32.6. The second-order valence-electron chi connectivity index (χ2n) is 14.2.